The van der Waals surface area contributed by atoms with Crippen LogP contribution < -0.4 is 0 Å². The summed E-state index contributed by atoms with van der Waals surface area (Å²) in [4.78, 5) is 0. The summed E-state index contributed by atoms with van der Waals surface area (Å²) in [6.45, 7) is 8.84. The molecule has 1 aromatic carbocycles. The fourth-order valence-electron chi connectivity index (χ4n) is 1.97. The average Bonchev–Trinajstić information content (AvgIpc) is 2.17. The summed E-state index contributed by atoms with van der Waals surface area (Å²) in [5.74, 6) is 0.633. The van der Waals surface area contributed by atoms with Gasteiger partial charge in [-0.15, -0.1) is 0 Å². The van der Waals surface area contributed by atoms with Crippen LogP contribution in [0.15, 0.2) is 30.4 Å². The Labute approximate surface area is 94.0 Å². The van der Waals surface area contributed by atoms with E-state index < -0.39 is 0 Å². The van der Waals surface area contributed by atoms with Crippen molar-refractivity contribution >= 4 is 0 Å². The summed E-state index contributed by atoms with van der Waals surface area (Å²) in [6.07, 6.45) is 6.83. The van der Waals surface area contributed by atoms with Gasteiger partial charge in [-0.3, -0.25) is 0 Å². The van der Waals surface area contributed by atoms with Crippen molar-refractivity contribution < 1.29 is 0 Å². The Hall–Kier alpha value is -1.04. The molecule has 0 nitrogen and oxygen atoms in total. The molecule has 0 heterocycles. The summed E-state index contributed by atoms with van der Waals surface area (Å²) in [5.41, 5.74) is 4.27. The van der Waals surface area contributed by atoms with Crippen LogP contribution in [0.1, 0.15) is 49.3 Å². The molecule has 0 saturated heterocycles. The fourth-order valence-corrected chi connectivity index (χ4v) is 1.97. The number of hydrogen-bond donors (Lipinski definition) is 0. The Morgan fingerprint density at radius 3 is 2.53 bits per heavy atom. The van der Waals surface area contributed by atoms with Gasteiger partial charge in [0.25, 0.3) is 0 Å². The van der Waals surface area contributed by atoms with E-state index in [4.69, 9.17) is 0 Å². The van der Waals surface area contributed by atoms with E-state index in [9.17, 15) is 0 Å². The van der Waals surface area contributed by atoms with Crippen LogP contribution in [0, 0.1) is 13.8 Å². The zero-order valence-electron chi connectivity index (χ0n) is 10.4. The molecule has 1 unspecified atom stereocenters. The van der Waals surface area contributed by atoms with Crippen molar-refractivity contribution in [1.82, 2.24) is 0 Å². The Morgan fingerprint density at radius 1 is 1.20 bits per heavy atom. The zero-order chi connectivity index (χ0) is 11.3. The van der Waals surface area contributed by atoms with Gasteiger partial charge in [-0.2, -0.15) is 0 Å². The normalized spacial score (nSPS) is 13.3. The molecule has 1 aromatic rings. The largest absolute Gasteiger partial charge is 0.0888 e. The van der Waals surface area contributed by atoms with Gasteiger partial charge in [0.1, 0.15) is 0 Å². The SMILES string of the molecule is CC/C=C\CC(C)c1ccc(C)cc1C. The average molecular weight is 202 g/mol. The van der Waals surface area contributed by atoms with Gasteiger partial charge in [-0.25, -0.2) is 0 Å². The van der Waals surface area contributed by atoms with Crippen molar-refractivity contribution in [2.45, 2.75) is 46.5 Å². The second-order valence-electron chi connectivity index (χ2n) is 4.38. The Morgan fingerprint density at radius 2 is 1.93 bits per heavy atom. The molecule has 0 spiro atoms. The highest BCUT2D eigenvalue weighted by atomic mass is 14.1. The minimum absolute atomic E-state index is 0.633. The lowest BCUT2D eigenvalue weighted by atomic mass is 9.92. The van der Waals surface area contributed by atoms with E-state index in [1.54, 1.807) is 0 Å². The van der Waals surface area contributed by atoms with Crippen LogP contribution in [0.25, 0.3) is 0 Å². The maximum absolute atomic E-state index is 2.30. The molecule has 82 valence electrons. The van der Waals surface area contributed by atoms with Crippen molar-refractivity contribution in [2.24, 2.45) is 0 Å². The predicted octanol–water partition coefficient (Wildman–Crippen LogP) is 4.76. The van der Waals surface area contributed by atoms with Crippen LogP contribution in [0.4, 0.5) is 0 Å². The van der Waals surface area contributed by atoms with Crippen molar-refractivity contribution in [2.75, 3.05) is 0 Å². The monoisotopic (exact) mass is 202 g/mol. The fraction of sp³-hybridized carbons (Fsp3) is 0.467. The molecule has 0 bridgehead atoms. The van der Waals surface area contributed by atoms with E-state index in [1.165, 1.54) is 16.7 Å². The summed E-state index contributed by atoms with van der Waals surface area (Å²) in [6, 6.07) is 6.76. The highest BCUT2D eigenvalue weighted by Gasteiger charge is 2.06. The maximum atomic E-state index is 2.30. The lowest BCUT2D eigenvalue weighted by molar-refractivity contribution is 0.771. The Kier molecular flexibility index (Phi) is 4.61. The highest BCUT2D eigenvalue weighted by Crippen LogP contribution is 2.23. The smallest absolute Gasteiger partial charge is 0.0153 e. The van der Waals surface area contributed by atoms with Crippen molar-refractivity contribution in [3.8, 4) is 0 Å². The van der Waals surface area contributed by atoms with Gasteiger partial charge in [-0.1, -0.05) is 49.8 Å². The van der Waals surface area contributed by atoms with Crippen LogP contribution in [-0.2, 0) is 0 Å². The maximum Gasteiger partial charge on any atom is -0.0153 e. The van der Waals surface area contributed by atoms with E-state index in [-0.39, 0.29) is 0 Å². The van der Waals surface area contributed by atoms with Gasteiger partial charge in [-0.05, 0) is 43.7 Å². The third kappa shape index (κ3) is 3.54. The third-order valence-electron chi connectivity index (χ3n) is 2.85. The molecule has 0 aliphatic carbocycles. The summed E-state index contributed by atoms with van der Waals surface area (Å²) < 4.78 is 0. The number of rotatable bonds is 4. The van der Waals surface area contributed by atoms with Crippen molar-refractivity contribution in [1.29, 1.82) is 0 Å². The van der Waals surface area contributed by atoms with Crippen LogP contribution in [0.3, 0.4) is 0 Å². The first kappa shape index (κ1) is 12.0. The van der Waals surface area contributed by atoms with Crippen LogP contribution in [0.5, 0.6) is 0 Å². The van der Waals surface area contributed by atoms with Crippen molar-refractivity contribution in [3.05, 3.63) is 47.0 Å². The van der Waals surface area contributed by atoms with Crippen LogP contribution in [0.2, 0.25) is 0 Å². The standard InChI is InChI=1S/C15H22/c1-5-6-7-8-13(3)15-10-9-12(2)11-14(15)4/h6-7,9-11,13H,5,8H2,1-4H3/b7-6-. The topological polar surface area (TPSA) is 0 Å². The molecule has 0 saturated carbocycles. The molecular weight excluding hydrogens is 180 g/mol. The van der Waals surface area contributed by atoms with Crippen LogP contribution >= 0.6 is 0 Å². The second kappa shape index (κ2) is 5.75. The number of aryl methyl sites for hydroxylation is 2. The molecule has 0 fully saturated rings. The van der Waals surface area contributed by atoms with E-state index >= 15 is 0 Å². The second-order valence-corrected chi connectivity index (χ2v) is 4.38. The summed E-state index contributed by atoms with van der Waals surface area (Å²) in [7, 11) is 0. The highest BCUT2D eigenvalue weighted by molar-refractivity contribution is 5.33. The molecule has 1 atom stereocenters. The molecule has 0 aliphatic heterocycles. The van der Waals surface area contributed by atoms with E-state index in [1.807, 2.05) is 0 Å². The Bertz CT molecular complexity index is 334. The van der Waals surface area contributed by atoms with Crippen molar-refractivity contribution in [3.63, 3.8) is 0 Å². The zero-order valence-corrected chi connectivity index (χ0v) is 10.4. The summed E-state index contributed by atoms with van der Waals surface area (Å²) >= 11 is 0. The number of benzene rings is 1. The molecular formula is C15H22. The minimum atomic E-state index is 0.633. The van der Waals surface area contributed by atoms with Gasteiger partial charge in [0.15, 0.2) is 0 Å². The molecule has 0 amide bonds. The van der Waals surface area contributed by atoms with E-state index in [2.05, 4.69) is 58.0 Å². The molecule has 0 heteroatoms. The van der Waals surface area contributed by atoms with Gasteiger partial charge >= 0.3 is 0 Å². The van der Waals surface area contributed by atoms with Gasteiger partial charge < -0.3 is 0 Å². The molecule has 1 rings (SSSR count). The lowest BCUT2D eigenvalue weighted by Crippen LogP contribution is -1.95. The lowest BCUT2D eigenvalue weighted by Gasteiger charge is -2.13. The first-order valence-electron chi connectivity index (χ1n) is 5.87. The first-order chi connectivity index (χ1) is 7.15. The molecule has 0 aromatic heterocycles. The summed E-state index contributed by atoms with van der Waals surface area (Å²) in [5, 5.41) is 0. The van der Waals surface area contributed by atoms with E-state index in [0.29, 0.717) is 5.92 Å². The first-order valence-corrected chi connectivity index (χ1v) is 5.87. The number of hydrogen-bond acceptors (Lipinski definition) is 0. The van der Waals surface area contributed by atoms with Gasteiger partial charge in [0.2, 0.25) is 0 Å². The minimum Gasteiger partial charge on any atom is -0.0888 e. The molecule has 0 radical (unpaired) electrons. The molecule has 0 N–H and O–H groups in total. The Balaban J connectivity index is 2.73. The molecule has 0 aliphatic rings. The predicted molar refractivity (Wildman–Crippen MR) is 68.4 cm³/mol. The van der Waals surface area contributed by atoms with Gasteiger partial charge in [0.05, 0.1) is 0 Å². The van der Waals surface area contributed by atoms with Gasteiger partial charge in [0, 0.05) is 0 Å². The van der Waals surface area contributed by atoms with E-state index in [0.717, 1.165) is 12.8 Å². The molecule has 15 heavy (non-hydrogen) atoms. The quantitative estimate of drug-likeness (QED) is 0.617. The van der Waals surface area contributed by atoms with Crippen LogP contribution in [-0.4, -0.2) is 0 Å². The number of allylic oxidation sites excluding steroid dienone is 2. The third-order valence-corrected chi connectivity index (χ3v) is 2.85.